The Hall–Kier alpha value is -1.43. The van der Waals surface area contributed by atoms with E-state index in [4.69, 9.17) is 9.57 Å². The number of hydroxylamine groups is 2. The SMILES string of the molecule is CC.CC.CON(Cc1ccccc1C)C1C(=O)OC(C)C1O. The summed E-state index contributed by atoms with van der Waals surface area (Å²) >= 11 is 0. The first-order valence-corrected chi connectivity index (χ1v) is 8.28. The molecule has 2 rings (SSSR count). The second kappa shape index (κ2) is 11.2. The quantitative estimate of drug-likeness (QED) is 0.681. The highest BCUT2D eigenvalue weighted by Crippen LogP contribution is 2.23. The normalized spacial score (nSPS) is 22.7. The first kappa shape index (κ1) is 21.6. The minimum absolute atomic E-state index is 0.423. The Morgan fingerprint density at radius 1 is 1.22 bits per heavy atom. The number of hydrogen-bond donors (Lipinski definition) is 1. The van der Waals surface area contributed by atoms with Gasteiger partial charge in [0.2, 0.25) is 0 Å². The molecule has 0 amide bonds. The average molecular weight is 325 g/mol. The second-order valence-electron chi connectivity index (χ2n) is 4.76. The summed E-state index contributed by atoms with van der Waals surface area (Å²) in [7, 11) is 1.49. The van der Waals surface area contributed by atoms with Crippen molar-refractivity contribution in [2.24, 2.45) is 0 Å². The number of cyclic esters (lactones) is 1. The number of aliphatic hydroxyl groups excluding tert-OH is 1. The molecule has 1 heterocycles. The minimum atomic E-state index is -0.878. The molecular weight excluding hydrogens is 294 g/mol. The van der Waals surface area contributed by atoms with Crippen molar-refractivity contribution in [3.05, 3.63) is 35.4 Å². The summed E-state index contributed by atoms with van der Waals surface area (Å²) in [6.07, 6.45) is -1.39. The van der Waals surface area contributed by atoms with Crippen LogP contribution < -0.4 is 0 Å². The first-order chi connectivity index (χ1) is 11.0. The van der Waals surface area contributed by atoms with E-state index in [0.717, 1.165) is 11.1 Å². The lowest BCUT2D eigenvalue weighted by Crippen LogP contribution is -2.45. The minimum Gasteiger partial charge on any atom is -0.459 e. The van der Waals surface area contributed by atoms with Gasteiger partial charge in [0.1, 0.15) is 12.2 Å². The summed E-state index contributed by atoms with van der Waals surface area (Å²) in [5, 5.41) is 11.5. The number of carbonyl (C=O) groups is 1. The van der Waals surface area contributed by atoms with Crippen LogP contribution in [0.25, 0.3) is 0 Å². The molecule has 3 unspecified atom stereocenters. The molecule has 0 bridgehead atoms. The third kappa shape index (κ3) is 5.61. The smallest absolute Gasteiger partial charge is 0.329 e. The number of hydrogen-bond acceptors (Lipinski definition) is 5. The number of benzene rings is 1. The molecule has 23 heavy (non-hydrogen) atoms. The molecule has 1 fully saturated rings. The zero-order chi connectivity index (χ0) is 18.0. The van der Waals surface area contributed by atoms with Crippen LogP contribution >= 0.6 is 0 Å². The van der Waals surface area contributed by atoms with Crippen LogP contribution in [0.3, 0.4) is 0 Å². The molecule has 1 saturated heterocycles. The number of esters is 1. The van der Waals surface area contributed by atoms with Crippen LogP contribution in [0.4, 0.5) is 0 Å². The van der Waals surface area contributed by atoms with Crippen molar-refractivity contribution in [1.29, 1.82) is 0 Å². The number of aryl methyl sites for hydroxylation is 1. The van der Waals surface area contributed by atoms with Crippen LogP contribution in [0.5, 0.6) is 0 Å². The Morgan fingerprint density at radius 3 is 2.22 bits per heavy atom. The zero-order valence-corrected chi connectivity index (χ0v) is 15.4. The van der Waals surface area contributed by atoms with Gasteiger partial charge < -0.3 is 14.7 Å². The van der Waals surface area contributed by atoms with Gasteiger partial charge in [-0.05, 0) is 25.0 Å². The lowest BCUT2D eigenvalue weighted by molar-refractivity contribution is -0.190. The summed E-state index contributed by atoms with van der Waals surface area (Å²) in [6.45, 7) is 12.1. The highest BCUT2D eigenvalue weighted by atomic mass is 16.7. The summed E-state index contributed by atoms with van der Waals surface area (Å²) < 4.78 is 5.03. The molecule has 5 nitrogen and oxygen atoms in total. The van der Waals surface area contributed by atoms with E-state index >= 15 is 0 Å². The fourth-order valence-electron chi connectivity index (χ4n) is 2.24. The number of carbonyl (C=O) groups excluding carboxylic acids is 1. The zero-order valence-electron chi connectivity index (χ0n) is 15.4. The van der Waals surface area contributed by atoms with Gasteiger partial charge in [-0.15, -0.1) is 0 Å². The summed E-state index contributed by atoms with van der Waals surface area (Å²) in [5.74, 6) is -0.449. The van der Waals surface area contributed by atoms with Gasteiger partial charge in [-0.1, -0.05) is 52.0 Å². The molecule has 132 valence electrons. The van der Waals surface area contributed by atoms with E-state index in [1.165, 1.54) is 12.2 Å². The fraction of sp³-hybridized carbons (Fsp3) is 0.611. The molecule has 0 aliphatic carbocycles. The topological polar surface area (TPSA) is 59.0 Å². The van der Waals surface area contributed by atoms with Gasteiger partial charge in [0.25, 0.3) is 0 Å². The molecule has 1 aromatic carbocycles. The van der Waals surface area contributed by atoms with Crippen LogP contribution in [-0.4, -0.2) is 41.5 Å². The first-order valence-electron chi connectivity index (χ1n) is 8.28. The molecule has 0 saturated carbocycles. The molecule has 0 spiro atoms. The summed E-state index contributed by atoms with van der Waals surface area (Å²) in [6, 6.07) is 7.07. The van der Waals surface area contributed by atoms with Crippen LogP contribution in [0.15, 0.2) is 24.3 Å². The highest BCUT2D eigenvalue weighted by Gasteiger charge is 2.45. The molecule has 1 aliphatic heterocycles. The van der Waals surface area contributed by atoms with E-state index in [-0.39, 0.29) is 0 Å². The summed E-state index contributed by atoms with van der Waals surface area (Å²) in [5.41, 5.74) is 2.15. The van der Waals surface area contributed by atoms with E-state index in [9.17, 15) is 9.90 Å². The van der Waals surface area contributed by atoms with Crippen LogP contribution in [0.1, 0.15) is 45.7 Å². The van der Waals surface area contributed by atoms with Gasteiger partial charge in [-0.2, -0.15) is 5.06 Å². The van der Waals surface area contributed by atoms with Gasteiger partial charge >= 0.3 is 5.97 Å². The molecule has 5 heteroatoms. The van der Waals surface area contributed by atoms with E-state index in [1.54, 1.807) is 6.92 Å². The van der Waals surface area contributed by atoms with Gasteiger partial charge in [0.15, 0.2) is 6.04 Å². The predicted molar refractivity (Wildman–Crippen MR) is 91.8 cm³/mol. The highest BCUT2D eigenvalue weighted by molar-refractivity contribution is 5.79. The van der Waals surface area contributed by atoms with Crippen LogP contribution in [0, 0.1) is 6.92 Å². The Morgan fingerprint density at radius 2 is 1.78 bits per heavy atom. The van der Waals surface area contributed by atoms with Crippen molar-refractivity contribution in [3.8, 4) is 0 Å². The molecule has 1 aromatic rings. The fourth-order valence-corrected chi connectivity index (χ4v) is 2.24. The van der Waals surface area contributed by atoms with Gasteiger partial charge in [0.05, 0.1) is 13.7 Å². The van der Waals surface area contributed by atoms with Crippen LogP contribution in [0.2, 0.25) is 0 Å². The standard InChI is InChI=1S/C14H19NO4.2C2H6/c1-9-6-4-5-7-11(9)8-15(18-3)12-13(16)10(2)19-14(12)17;2*1-2/h4-7,10,12-13,16H,8H2,1-3H3;2*1-2H3. The van der Waals surface area contributed by atoms with E-state index in [2.05, 4.69) is 0 Å². The Balaban J connectivity index is 0.00000112. The Bertz CT molecular complexity index is 464. The molecule has 3 atom stereocenters. The third-order valence-electron chi connectivity index (χ3n) is 3.48. The van der Waals surface area contributed by atoms with Crippen molar-refractivity contribution in [1.82, 2.24) is 5.06 Å². The molecule has 1 aliphatic rings. The Labute approximate surface area is 140 Å². The monoisotopic (exact) mass is 325 g/mol. The maximum atomic E-state index is 11.8. The number of rotatable bonds is 4. The van der Waals surface area contributed by atoms with Crippen molar-refractivity contribution < 1.29 is 19.5 Å². The molecule has 0 radical (unpaired) electrons. The van der Waals surface area contributed by atoms with Crippen molar-refractivity contribution >= 4 is 5.97 Å². The summed E-state index contributed by atoms with van der Waals surface area (Å²) in [4.78, 5) is 17.0. The van der Waals surface area contributed by atoms with Crippen molar-refractivity contribution in [2.45, 2.75) is 66.3 Å². The van der Waals surface area contributed by atoms with Crippen molar-refractivity contribution in [3.63, 3.8) is 0 Å². The van der Waals surface area contributed by atoms with Crippen LogP contribution in [-0.2, 0) is 20.9 Å². The largest absolute Gasteiger partial charge is 0.459 e. The second-order valence-corrected chi connectivity index (χ2v) is 4.76. The number of ether oxygens (including phenoxy) is 1. The molecular formula is C18H31NO4. The number of aliphatic hydroxyl groups is 1. The molecule has 0 aromatic heterocycles. The van der Waals surface area contributed by atoms with E-state index in [1.807, 2.05) is 58.9 Å². The van der Waals surface area contributed by atoms with Gasteiger partial charge in [0, 0.05) is 0 Å². The predicted octanol–water partition coefficient (Wildman–Crippen LogP) is 3.09. The van der Waals surface area contributed by atoms with Gasteiger partial charge in [-0.25, -0.2) is 0 Å². The maximum absolute atomic E-state index is 11.8. The lowest BCUT2D eigenvalue weighted by Gasteiger charge is -2.26. The average Bonchev–Trinajstić information content (AvgIpc) is 2.83. The third-order valence-corrected chi connectivity index (χ3v) is 3.48. The van der Waals surface area contributed by atoms with Gasteiger partial charge in [-0.3, -0.25) is 4.79 Å². The van der Waals surface area contributed by atoms with E-state index in [0.29, 0.717) is 6.54 Å². The Kier molecular flexibility index (Phi) is 10.5. The lowest BCUT2D eigenvalue weighted by atomic mass is 10.1. The number of nitrogens with zero attached hydrogens (tertiary/aromatic N) is 1. The van der Waals surface area contributed by atoms with E-state index < -0.39 is 24.2 Å². The van der Waals surface area contributed by atoms with Crippen molar-refractivity contribution in [2.75, 3.05) is 7.11 Å². The molecule has 1 N–H and O–H groups in total. The maximum Gasteiger partial charge on any atom is 0.329 e.